The molecule has 1 amide bonds. The van der Waals surface area contributed by atoms with Crippen molar-refractivity contribution in [3.63, 3.8) is 0 Å². The molecule has 2 rings (SSSR count). The lowest BCUT2D eigenvalue weighted by Crippen LogP contribution is -2.60. The van der Waals surface area contributed by atoms with Crippen molar-refractivity contribution in [3.05, 3.63) is 54.6 Å². The van der Waals surface area contributed by atoms with Gasteiger partial charge in [0, 0.05) is 0 Å². The molecule has 160 valence electrons. The van der Waals surface area contributed by atoms with Crippen LogP contribution in [0, 0.1) is 12.3 Å². The van der Waals surface area contributed by atoms with Crippen molar-refractivity contribution in [2.45, 2.75) is 30.7 Å². The summed E-state index contributed by atoms with van der Waals surface area (Å²) >= 11 is 0. The Kier molecular flexibility index (Phi) is 8.00. The number of amides is 1. The van der Waals surface area contributed by atoms with Gasteiger partial charge in [-0.15, -0.1) is 6.42 Å². The number of hydrogen-bond donors (Lipinski definition) is 2. The molecule has 0 heterocycles. The van der Waals surface area contributed by atoms with Gasteiger partial charge in [0.15, 0.2) is 9.84 Å². The van der Waals surface area contributed by atoms with Gasteiger partial charge >= 0.3 is 0 Å². The molecule has 0 unspecified atom stereocenters. The SMILES string of the molecule is C#CCN(CCC)[C@@](C)(CS(=O)(=O)c1ccc(Oc2ccccc2)cc1)C(=O)NO. The van der Waals surface area contributed by atoms with Crippen LogP contribution in [0.4, 0.5) is 0 Å². The molecule has 0 radical (unpaired) electrons. The zero-order chi connectivity index (χ0) is 22.2. The Balaban J connectivity index is 2.29. The first kappa shape index (κ1) is 23.4. The van der Waals surface area contributed by atoms with Crippen LogP contribution in [-0.4, -0.2) is 48.8 Å². The fourth-order valence-electron chi connectivity index (χ4n) is 3.09. The second kappa shape index (κ2) is 10.3. The molecule has 0 aromatic heterocycles. The smallest absolute Gasteiger partial charge is 0.264 e. The van der Waals surface area contributed by atoms with Crippen molar-refractivity contribution >= 4 is 15.7 Å². The lowest BCUT2D eigenvalue weighted by atomic mass is 10.0. The first-order valence-corrected chi connectivity index (χ1v) is 11.1. The third kappa shape index (κ3) is 5.60. The van der Waals surface area contributed by atoms with Gasteiger partial charge in [0.05, 0.1) is 17.2 Å². The summed E-state index contributed by atoms with van der Waals surface area (Å²) in [5.41, 5.74) is 0.0332. The second-order valence-corrected chi connectivity index (χ2v) is 8.98. The van der Waals surface area contributed by atoms with Gasteiger partial charge in [-0.25, -0.2) is 13.9 Å². The maximum Gasteiger partial charge on any atom is 0.264 e. The van der Waals surface area contributed by atoms with Gasteiger partial charge in [0.25, 0.3) is 5.91 Å². The third-order valence-corrected chi connectivity index (χ3v) is 6.63. The number of carbonyl (C=O) groups is 1. The van der Waals surface area contributed by atoms with Crippen LogP contribution in [0.25, 0.3) is 0 Å². The van der Waals surface area contributed by atoms with E-state index >= 15 is 0 Å². The normalized spacial score (nSPS) is 13.3. The Hall–Kier alpha value is -2.86. The number of nitrogens with one attached hydrogen (secondary N) is 1. The second-order valence-electron chi connectivity index (χ2n) is 6.99. The quantitative estimate of drug-likeness (QED) is 0.342. The van der Waals surface area contributed by atoms with Crippen molar-refractivity contribution in [2.75, 3.05) is 18.8 Å². The van der Waals surface area contributed by atoms with Crippen molar-refractivity contribution in [1.82, 2.24) is 10.4 Å². The summed E-state index contributed by atoms with van der Waals surface area (Å²) in [4.78, 5) is 14.0. The van der Waals surface area contributed by atoms with E-state index in [4.69, 9.17) is 11.2 Å². The standard InChI is InChI=1S/C22H26N2O5S/c1-4-15-24(16-5-2)22(3,21(25)23-26)17-30(27,28)20-13-11-19(12-14-20)29-18-9-7-6-8-10-18/h1,6-14,26H,5,15-17H2,2-3H3,(H,23,25)/t22-/m0/s1. The van der Waals surface area contributed by atoms with Crippen LogP contribution < -0.4 is 10.2 Å². The molecule has 2 aromatic rings. The van der Waals surface area contributed by atoms with Crippen molar-refractivity contribution in [1.29, 1.82) is 0 Å². The Bertz CT molecular complexity index is 984. The molecule has 2 aromatic carbocycles. The van der Waals surface area contributed by atoms with Gasteiger partial charge in [-0.05, 0) is 56.3 Å². The van der Waals surface area contributed by atoms with E-state index in [0.29, 0.717) is 24.5 Å². The molecule has 0 aliphatic heterocycles. The third-order valence-electron chi connectivity index (χ3n) is 4.70. The largest absolute Gasteiger partial charge is 0.457 e. The zero-order valence-electron chi connectivity index (χ0n) is 17.0. The molecule has 0 aliphatic rings. The van der Waals surface area contributed by atoms with Gasteiger partial charge in [-0.2, -0.15) is 0 Å². The number of carbonyl (C=O) groups excluding carboxylic acids is 1. The lowest BCUT2D eigenvalue weighted by molar-refractivity contribution is -0.139. The highest BCUT2D eigenvalue weighted by atomic mass is 32.2. The highest BCUT2D eigenvalue weighted by Crippen LogP contribution is 2.26. The average molecular weight is 431 g/mol. The van der Waals surface area contributed by atoms with E-state index in [-0.39, 0.29) is 11.4 Å². The number of benzene rings is 2. The number of rotatable bonds is 10. The van der Waals surface area contributed by atoms with E-state index in [1.165, 1.54) is 19.1 Å². The summed E-state index contributed by atoms with van der Waals surface area (Å²) in [7, 11) is -3.88. The topological polar surface area (TPSA) is 95.9 Å². The van der Waals surface area contributed by atoms with E-state index in [1.807, 2.05) is 25.1 Å². The number of sulfone groups is 1. The minimum absolute atomic E-state index is 0.0389. The number of hydrogen-bond acceptors (Lipinski definition) is 6. The summed E-state index contributed by atoms with van der Waals surface area (Å²) in [6, 6.07) is 15.1. The molecule has 7 nitrogen and oxygen atoms in total. The Morgan fingerprint density at radius 3 is 2.30 bits per heavy atom. The number of terminal acetylenes is 1. The molecule has 0 spiro atoms. The lowest BCUT2D eigenvalue weighted by Gasteiger charge is -2.37. The van der Waals surface area contributed by atoms with Crippen LogP contribution in [0.2, 0.25) is 0 Å². The minimum Gasteiger partial charge on any atom is -0.457 e. The number of para-hydroxylation sites is 1. The van der Waals surface area contributed by atoms with Gasteiger partial charge in [-0.3, -0.25) is 14.9 Å². The van der Waals surface area contributed by atoms with Crippen molar-refractivity contribution in [3.8, 4) is 23.8 Å². The maximum absolute atomic E-state index is 13.1. The average Bonchev–Trinajstić information content (AvgIpc) is 2.73. The molecular formula is C22H26N2O5S. The monoisotopic (exact) mass is 430 g/mol. The van der Waals surface area contributed by atoms with Gasteiger partial charge in [0.1, 0.15) is 17.0 Å². The van der Waals surface area contributed by atoms with Crippen LogP contribution >= 0.6 is 0 Å². The predicted molar refractivity (Wildman–Crippen MR) is 114 cm³/mol. The summed E-state index contributed by atoms with van der Waals surface area (Å²) in [6.07, 6.45) is 6.06. The van der Waals surface area contributed by atoms with Crippen molar-refractivity contribution < 1.29 is 23.2 Å². The van der Waals surface area contributed by atoms with Crippen LogP contribution in [0.1, 0.15) is 20.3 Å². The number of hydroxylamine groups is 1. The van der Waals surface area contributed by atoms with E-state index in [9.17, 15) is 18.4 Å². The summed E-state index contributed by atoms with van der Waals surface area (Å²) in [5, 5.41) is 9.21. The molecule has 2 N–H and O–H groups in total. The Labute approximate surface area is 177 Å². The molecule has 30 heavy (non-hydrogen) atoms. The fourth-order valence-corrected chi connectivity index (χ4v) is 4.87. The molecule has 0 saturated carbocycles. The Morgan fingerprint density at radius 2 is 1.77 bits per heavy atom. The summed E-state index contributed by atoms with van der Waals surface area (Å²) < 4.78 is 31.8. The van der Waals surface area contributed by atoms with E-state index in [2.05, 4.69) is 5.92 Å². The van der Waals surface area contributed by atoms with Crippen LogP contribution in [0.3, 0.4) is 0 Å². The van der Waals surface area contributed by atoms with E-state index in [0.717, 1.165) is 0 Å². The van der Waals surface area contributed by atoms with E-state index < -0.39 is 27.0 Å². The molecule has 0 bridgehead atoms. The molecule has 0 saturated heterocycles. The van der Waals surface area contributed by atoms with Crippen LogP contribution in [0.15, 0.2) is 59.5 Å². The van der Waals surface area contributed by atoms with Crippen LogP contribution in [-0.2, 0) is 14.6 Å². The molecule has 1 atom stereocenters. The Morgan fingerprint density at radius 1 is 1.17 bits per heavy atom. The first-order chi connectivity index (χ1) is 14.3. The fraction of sp³-hybridized carbons (Fsp3) is 0.318. The van der Waals surface area contributed by atoms with Gasteiger partial charge in [0.2, 0.25) is 0 Å². The molecule has 0 aliphatic carbocycles. The van der Waals surface area contributed by atoms with Crippen molar-refractivity contribution in [2.24, 2.45) is 0 Å². The predicted octanol–water partition coefficient (Wildman–Crippen LogP) is 2.86. The highest BCUT2D eigenvalue weighted by Gasteiger charge is 2.43. The number of nitrogens with zero attached hydrogens (tertiary/aromatic N) is 1. The number of ether oxygens (including phenoxy) is 1. The maximum atomic E-state index is 13.1. The van der Waals surface area contributed by atoms with Gasteiger partial charge in [-0.1, -0.05) is 31.0 Å². The molecule has 0 fully saturated rings. The van der Waals surface area contributed by atoms with Gasteiger partial charge < -0.3 is 4.74 Å². The zero-order valence-corrected chi connectivity index (χ0v) is 17.9. The van der Waals surface area contributed by atoms with Crippen LogP contribution in [0.5, 0.6) is 11.5 Å². The summed E-state index contributed by atoms with van der Waals surface area (Å²) in [5.74, 6) is 2.18. The molecule has 8 heteroatoms. The first-order valence-electron chi connectivity index (χ1n) is 9.45. The highest BCUT2D eigenvalue weighted by molar-refractivity contribution is 7.91. The summed E-state index contributed by atoms with van der Waals surface area (Å²) in [6.45, 7) is 3.81. The van der Waals surface area contributed by atoms with E-state index in [1.54, 1.807) is 34.6 Å². The minimum atomic E-state index is -3.88. The molecular weight excluding hydrogens is 404 g/mol.